The van der Waals surface area contributed by atoms with Crippen LogP contribution in [0.4, 0.5) is 17.1 Å². The van der Waals surface area contributed by atoms with Crippen molar-refractivity contribution in [3.8, 4) is 22.3 Å². The lowest BCUT2D eigenvalue weighted by atomic mass is 10.0. The van der Waals surface area contributed by atoms with E-state index in [0.29, 0.717) is 0 Å². The third-order valence-electron chi connectivity index (χ3n) is 9.68. The molecule has 0 unspecified atom stereocenters. The fraction of sp³-hybridized carbons (Fsp3) is 0. The van der Waals surface area contributed by atoms with E-state index in [4.69, 9.17) is 4.42 Å². The van der Waals surface area contributed by atoms with Crippen LogP contribution in [0.15, 0.2) is 180 Å². The van der Waals surface area contributed by atoms with Crippen LogP contribution in [-0.4, -0.2) is 0 Å². The Morgan fingerprint density at radius 3 is 1.73 bits per heavy atom. The molecule has 230 valence electrons. The first-order chi connectivity index (χ1) is 24.3. The molecule has 2 aromatic heterocycles. The van der Waals surface area contributed by atoms with E-state index in [0.717, 1.165) is 55.5 Å². The SMILES string of the molecule is c1ccc(-c2ccc(N(c3ccc(-c4ccc5c(c4)oc4c6ccccc6ccc54)cc3)c3ccc4c(c3)sc3ccccc34)cc2)cc1. The molecule has 8 aromatic carbocycles. The second kappa shape index (κ2) is 11.2. The van der Waals surface area contributed by atoms with Gasteiger partial charge >= 0.3 is 0 Å². The molecule has 0 aliphatic carbocycles. The van der Waals surface area contributed by atoms with Crippen molar-refractivity contribution in [2.24, 2.45) is 0 Å². The molecule has 2 nitrogen and oxygen atoms in total. The van der Waals surface area contributed by atoms with Gasteiger partial charge in [-0.25, -0.2) is 0 Å². The van der Waals surface area contributed by atoms with Gasteiger partial charge in [-0.15, -0.1) is 11.3 Å². The lowest BCUT2D eigenvalue weighted by Crippen LogP contribution is -2.09. The Hall–Kier alpha value is -6.16. The van der Waals surface area contributed by atoms with Crippen molar-refractivity contribution < 1.29 is 4.42 Å². The van der Waals surface area contributed by atoms with E-state index >= 15 is 0 Å². The van der Waals surface area contributed by atoms with E-state index in [2.05, 4.69) is 181 Å². The van der Waals surface area contributed by atoms with Gasteiger partial charge in [-0.05, 0) is 88.3 Å². The van der Waals surface area contributed by atoms with Gasteiger partial charge in [0.25, 0.3) is 0 Å². The summed E-state index contributed by atoms with van der Waals surface area (Å²) < 4.78 is 9.09. The molecule has 0 aliphatic rings. The molecule has 3 heteroatoms. The van der Waals surface area contributed by atoms with Gasteiger partial charge in [0.1, 0.15) is 11.2 Å². The summed E-state index contributed by atoms with van der Waals surface area (Å²) in [4.78, 5) is 2.36. The molecule has 0 aliphatic heterocycles. The van der Waals surface area contributed by atoms with Crippen molar-refractivity contribution in [2.75, 3.05) is 4.90 Å². The molecule has 49 heavy (non-hydrogen) atoms. The van der Waals surface area contributed by atoms with Gasteiger partial charge in [-0.1, -0.05) is 115 Å². The van der Waals surface area contributed by atoms with E-state index in [9.17, 15) is 0 Å². The summed E-state index contributed by atoms with van der Waals surface area (Å²) >= 11 is 1.85. The van der Waals surface area contributed by atoms with Crippen molar-refractivity contribution in [1.29, 1.82) is 0 Å². The summed E-state index contributed by atoms with van der Waals surface area (Å²) in [7, 11) is 0. The Kier molecular flexibility index (Phi) is 6.39. The van der Waals surface area contributed by atoms with Crippen LogP contribution in [0.1, 0.15) is 0 Å². The van der Waals surface area contributed by atoms with Crippen molar-refractivity contribution in [1.82, 2.24) is 0 Å². The summed E-state index contributed by atoms with van der Waals surface area (Å²) in [5.41, 5.74) is 9.91. The lowest BCUT2D eigenvalue weighted by Gasteiger charge is -2.26. The lowest BCUT2D eigenvalue weighted by molar-refractivity contribution is 0.673. The fourth-order valence-electron chi connectivity index (χ4n) is 7.22. The van der Waals surface area contributed by atoms with Crippen molar-refractivity contribution in [3.63, 3.8) is 0 Å². The Balaban J connectivity index is 1.06. The van der Waals surface area contributed by atoms with Gasteiger partial charge in [0.05, 0.1) is 0 Å². The number of nitrogens with zero attached hydrogens (tertiary/aromatic N) is 1. The summed E-state index contributed by atoms with van der Waals surface area (Å²) in [5.74, 6) is 0. The van der Waals surface area contributed by atoms with E-state index in [1.807, 2.05) is 11.3 Å². The van der Waals surface area contributed by atoms with E-state index in [1.54, 1.807) is 0 Å². The first kappa shape index (κ1) is 27.9. The highest BCUT2D eigenvalue weighted by molar-refractivity contribution is 7.25. The fourth-order valence-corrected chi connectivity index (χ4v) is 8.36. The zero-order chi connectivity index (χ0) is 32.3. The summed E-state index contributed by atoms with van der Waals surface area (Å²) in [6, 6.07) is 63.2. The van der Waals surface area contributed by atoms with Gasteiger partial charge in [-0.3, -0.25) is 0 Å². The largest absolute Gasteiger partial charge is 0.455 e. The van der Waals surface area contributed by atoms with Crippen LogP contribution in [0.5, 0.6) is 0 Å². The van der Waals surface area contributed by atoms with Crippen LogP contribution in [0, 0.1) is 0 Å². The topological polar surface area (TPSA) is 16.4 Å². The summed E-state index contributed by atoms with van der Waals surface area (Å²) in [6.45, 7) is 0. The van der Waals surface area contributed by atoms with Gasteiger partial charge in [0.2, 0.25) is 0 Å². The van der Waals surface area contributed by atoms with Gasteiger partial charge < -0.3 is 9.32 Å². The molecular formula is C46H29NOS. The smallest absolute Gasteiger partial charge is 0.143 e. The Labute approximate surface area is 287 Å². The maximum Gasteiger partial charge on any atom is 0.143 e. The zero-order valence-electron chi connectivity index (χ0n) is 26.5. The molecule has 0 saturated heterocycles. The Morgan fingerprint density at radius 1 is 0.367 bits per heavy atom. The second-order valence-electron chi connectivity index (χ2n) is 12.6. The standard InChI is InChI=1S/C46H29NOS/c1-2-8-30(9-3-1)31-14-20-35(21-15-31)47(37-24-27-41-40-12-6-7-13-44(40)49-45(41)29-37)36-22-16-32(17-23-36)34-19-25-39-42-26-18-33-10-4-5-11-38(33)46(42)48-43(39)28-34/h1-29H. The third-order valence-corrected chi connectivity index (χ3v) is 10.8. The second-order valence-corrected chi connectivity index (χ2v) is 13.6. The van der Waals surface area contributed by atoms with Crippen LogP contribution >= 0.6 is 11.3 Å². The highest BCUT2D eigenvalue weighted by Gasteiger charge is 2.16. The number of benzene rings is 8. The Morgan fingerprint density at radius 2 is 0.939 bits per heavy atom. The normalized spacial score (nSPS) is 11.7. The molecule has 10 aromatic rings. The molecule has 0 radical (unpaired) electrons. The number of fused-ring (bicyclic) bond motifs is 8. The predicted octanol–water partition coefficient (Wildman–Crippen LogP) is 13.9. The number of hydrogen-bond donors (Lipinski definition) is 0. The molecule has 0 N–H and O–H groups in total. The number of rotatable bonds is 5. The van der Waals surface area contributed by atoms with Crippen molar-refractivity contribution in [3.05, 3.63) is 176 Å². The van der Waals surface area contributed by atoms with Crippen LogP contribution < -0.4 is 4.90 Å². The van der Waals surface area contributed by atoms with Crippen molar-refractivity contribution in [2.45, 2.75) is 0 Å². The molecule has 0 amide bonds. The molecule has 10 rings (SSSR count). The van der Waals surface area contributed by atoms with Gasteiger partial charge in [0.15, 0.2) is 0 Å². The predicted molar refractivity (Wildman–Crippen MR) is 210 cm³/mol. The van der Waals surface area contributed by atoms with Crippen LogP contribution in [0.25, 0.3) is 75.1 Å². The minimum absolute atomic E-state index is 0.907. The zero-order valence-corrected chi connectivity index (χ0v) is 27.3. The van der Waals surface area contributed by atoms with Gasteiger partial charge in [0, 0.05) is 53.4 Å². The number of hydrogen-bond acceptors (Lipinski definition) is 3. The minimum Gasteiger partial charge on any atom is -0.455 e. The highest BCUT2D eigenvalue weighted by Crippen LogP contribution is 2.42. The Bertz CT molecular complexity index is 2810. The van der Waals surface area contributed by atoms with Crippen molar-refractivity contribution >= 4 is 81.3 Å². The maximum atomic E-state index is 6.50. The number of thiophene rings is 1. The summed E-state index contributed by atoms with van der Waals surface area (Å²) in [5, 5.41) is 7.24. The van der Waals surface area contributed by atoms with E-state index in [-0.39, 0.29) is 0 Å². The van der Waals surface area contributed by atoms with E-state index < -0.39 is 0 Å². The summed E-state index contributed by atoms with van der Waals surface area (Å²) in [6.07, 6.45) is 0. The molecular weight excluding hydrogens is 615 g/mol. The van der Waals surface area contributed by atoms with Crippen LogP contribution in [-0.2, 0) is 0 Å². The average molecular weight is 644 g/mol. The molecule has 0 bridgehead atoms. The quantitative estimate of drug-likeness (QED) is 0.186. The molecule has 2 heterocycles. The maximum absolute atomic E-state index is 6.50. The number of anilines is 3. The van der Waals surface area contributed by atoms with Crippen LogP contribution in [0.2, 0.25) is 0 Å². The first-order valence-corrected chi connectivity index (χ1v) is 17.4. The molecule has 0 atom stereocenters. The monoisotopic (exact) mass is 643 g/mol. The third kappa shape index (κ3) is 4.70. The minimum atomic E-state index is 0.907. The first-order valence-electron chi connectivity index (χ1n) is 16.6. The average Bonchev–Trinajstić information content (AvgIpc) is 3.74. The number of furan rings is 1. The van der Waals surface area contributed by atoms with Gasteiger partial charge in [-0.2, -0.15) is 0 Å². The molecule has 0 fully saturated rings. The van der Waals surface area contributed by atoms with Crippen LogP contribution in [0.3, 0.4) is 0 Å². The molecule has 0 saturated carbocycles. The molecule has 0 spiro atoms. The highest BCUT2D eigenvalue weighted by atomic mass is 32.1. The van der Waals surface area contributed by atoms with E-state index in [1.165, 1.54) is 36.7 Å².